The SMILES string of the molecule is CCCCC(C)c1cc(-c2cc(C(C)CCCC)cc(C(C)(C)C)c2)cc(C(C)(C)C)c1. The summed E-state index contributed by atoms with van der Waals surface area (Å²) in [5.74, 6) is 1.20. The van der Waals surface area contributed by atoms with E-state index in [2.05, 4.69) is 106 Å². The lowest BCUT2D eigenvalue weighted by atomic mass is 9.79. The van der Waals surface area contributed by atoms with Crippen LogP contribution in [0.1, 0.15) is 142 Å². The molecule has 0 saturated carbocycles. The molecule has 0 spiro atoms. The van der Waals surface area contributed by atoms with Gasteiger partial charge < -0.3 is 0 Å². The third-order valence-corrected chi connectivity index (χ3v) is 7.10. The summed E-state index contributed by atoms with van der Waals surface area (Å²) in [7, 11) is 0. The monoisotopic (exact) mass is 434 g/mol. The zero-order valence-electron chi connectivity index (χ0n) is 22.9. The summed E-state index contributed by atoms with van der Waals surface area (Å²) >= 11 is 0. The summed E-state index contributed by atoms with van der Waals surface area (Å²) in [6.45, 7) is 23.5. The molecule has 2 unspecified atom stereocenters. The van der Waals surface area contributed by atoms with Crippen LogP contribution in [0.5, 0.6) is 0 Å². The van der Waals surface area contributed by atoms with Crippen LogP contribution >= 0.6 is 0 Å². The first-order valence-corrected chi connectivity index (χ1v) is 13.2. The van der Waals surface area contributed by atoms with Crippen molar-refractivity contribution in [1.82, 2.24) is 0 Å². The number of unbranched alkanes of at least 4 members (excludes halogenated alkanes) is 2. The van der Waals surface area contributed by atoms with Gasteiger partial charge in [0.05, 0.1) is 0 Å². The van der Waals surface area contributed by atoms with Gasteiger partial charge in [-0.15, -0.1) is 0 Å². The molecule has 0 heteroatoms. The van der Waals surface area contributed by atoms with E-state index in [1.165, 1.54) is 71.9 Å². The fourth-order valence-electron chi connectivity index (χ4n) is 4.43. The van der Waals surface area contributed by atoms with E-state index < -0.39 is 0 Å². The maximum absolute atomic E-state index is 2.48. The maximum Gasteiger partial charge on any atom is -0.0132 e. The Kier molecular flexibility index (Phi) is 9.21. The van der Waals surface area contributed by atoms with Crippen LogP contribution in [0, 0.1) is 0 Å². The average Bonchev–Trinajstić information content (AvgIpc) is 2.73. The summed E-state index contributed by atoms with van der Waals surface area (Å²) in [6, 6.07) is 14.8. The molecular formula is C32H50. The van der Waals surface area contributed by atoms with Crippen LogP contribution in [0.3, 0.4) is 0 Å². The lowest BCUT2D eigenvalue weighted by molar-refractivity contribution is 0.582. The van der Waals surface area contributed by atoms with E-state index in [0.29, 0.717) is 11.8 Å². The Morgan fingerprint density at radius 3 is 1.19 bits per heavy atom. The second-order valence-corrected chi connectivity index (χ2v) is 12.3. The smallest absolute Gasteiger partial charge is 0.0132 e. The van der Waals surface area contributed by atoms with Crippen molar-refractivity contribution in [3.05, 3.63) is 58.7 Å². The Balaban J connectivity index is 2.65. The standard InChI is InChI=1S/C32H50/c1-11-13-15-23(3)25-17-27(21-29(19-25)31(5,6)7)28-18-26(24(4)16-14-12-2)20-30(22-28)32(8,9)10/h17-24H,11-16H2,1-10H3. The van der Waals surface area contributed by atoms with Gasteiger partial charge >= 0.3 is 0 Å². The fraction of sp³-hybridized carbons (Fsp3) is 0.625. The molecule has 0 aromatic heterocycles. The van der Waals surface area contributed by atoms with Gasteiger partial charge in [-0.25, -0.2) is 0 Å². The molecule has 0 aliphatic rings. The Labute approximate surface area is 200 Å². The first-order valence-electron chi connectivity index (χ1n) is 13.2. The van der Waals surface area contributed by atoms with Gasteiger partial charge in [-0.2, -0.15) is 0 Å². The van der Waals surface area contributed by atoms with Crippen LogP contribution in [-0.4, -0.2) is 0 Å². The van der Waals surface area contributed by atoms with Crippen molar-refractivity contribution in [2.24, 2.45) is 0 Å². The van der Waals surface area contributed by atoms with Crippen molar-refractivity contribution >= 4 is 0 Å². The third-order valence-electron chi connectivity index (χ3n) is 7.10. The summed E-state index contributed by atoms with van der Waals surface area (Å²) in [6.07, 6.45) is 7.67. The molecule has 0 N–H and O–H groups in total. The maximum atomic E-state index is 2.48. The molecule has 0 bridgehead atoms. The quantitative estimate of drug-likeness (QED) is 0.368. The van der Waals surface area contributed by atoms with Crippen LogP contribution in [0.25, 0.3) is 11.1 Å². The molecule has 0 amide bonds. The Bertz CT molecular complexity index is 783. The first-order chi connectivity index (χ1) is 14.9. The molecule has 32 heavy (non-hydrogen) atoms. The van der Waals surface area contributed by atoms with Gasteiger partial charge in [-0.1, -0.05) is 131 Å². The second-order valence-electron chi connectivity index (χ2n) is 12.3. The Morgan fingerprint density at radius 2 is 0.906 bits per heavy atom. The molecule has 2 aromatic rings. The van der Waals surface area contributed by atoms with E-state index in [1.807, 2.05) is 0 Å². The molecule has 0 aliphatic carbocycles. The van der Waals surface area contributed by atoms with E-state index in [9.17, 15) is 0 Å². The highest BCUT2D eigenvalue weighted by Gasteiger charge is 2.21. The van der Waals surface area contributed by atoms with Crippen molar-refractivity contribution in [3.8, 4) is 11.1 Å². The van der Waals surface area contributed by atoms with Crippen LogP contribution in [0.4, 0.5) is 0 Å². The molecule has 0 heterocycles. The lowest BCUT2D eigenvalue weighted by Gasteiger charge is -2.26. The zero-order valence-corrected chi connectivity index (χ0v) is 22.9. The van der Waals surface area contributed by atoms with Gasteiger partial charge in [-0.05, 0) is 68.9 Å². The highest BCUT2D eigenvalue weighted by atomic mass is 14.3. The highest BCUT2D eigenvalue weighted by molar-refractivity contribution is 5.68. The summed E-state index contributed by atoms with van der Waals surface area (Å²) < 4.78 is 0. The molecule has 178 valence electrons. The minimum Gasteiger partial charge on any atom is -0.0654 e. The summed E-state index contributed by atoms with van der Waals surface area (Å²) in [4.78, 5) is 0. The van der Waals surface area contributed by atoms with E-state index in [1.54, 1.807) is 0 Å². The molecular weight excluding hydrogens is 384 g/mol. The largest absolute Gasteiger partial charge is 0.0654 e. The van der Waals surface area contributed by atoms with Crippen LogP contribution in [-0.2, 0) is 10.8 Å². The van der Waals surface area contributed by atoms with Gasteiger partial charge in [0, 0.05) is 0 Å². The molecule has 0 saturated heterocycles. The number of hydrogen-bond acceptors (Lipinski definition) is 0. The van der Waals surface area contributed by atoms with Gasteiger partial charge in [-0.3, -0.25) is 0 Å². The zero-order chi connectivity index (χ0) is 24.1. The third kappa shape index (κ3) is 7.23. The van der Waals surface area contributed by atoms with Crippen molar-refractivity contribution in [1.29, 1.82) is 0 Å². The minimum atomic E-state index is 0.147. The predicted octanol–water partition coefficient (Wildman–Crippen LogP) is 10.5. The normalized spacial score (nSPS) is 14.4. The van der Waals surface area contributed by atoms with Crippen molar-refractivity contribution in [3.63, 3.8) is 0 Å². The van der Waals surface area contributed by atoms with E-state index in [0.717, 1.165) is 0 Å². The van der Waals surface area contributed by atoms with Gasteiger partial charge in [0.2, 0.25) is 0 Å². The topological polar surface area (TPSA) is 0 Å². The molecule has 2 atom stereocenters. The van der Waals surface area contributed by atoms with Gasteiger partial charge in [0.1, 0.15) is 0 Å². The molecule has 0 nitrogen and oxygen atoms in total. The molecule has 2 aromatic carbocycles. The minimum absolute atomic E-state index is 0.147. The fourth-order valence-corrected chi connectivity index (χ4v) is 4.43. The Hall–Kier alpha value is -1.56. The van der Waals surface area contributed by atoms with Gasteiger partial charge in [0.25, 0.3) is 0 Å². The predicted molar refractivity (Wildman–Crippen MR) is 145 cm³/mol. The summed E-state index contributed by atoms with van der Waals surface area (Å²) in [5, 5.41) is 0. The van der Waals surface area contributed by atoms with Gasteiger partial charge in [0.15, 0.2) is 0 Å². The molecule has 0 fully saturated rings. The van der Waals surface area contributed by atoms with E-state index >= 15 is 0 Å². The van der Waals surface area contributed by atoms with E-state index in [-0.39, 0.29) is 10.8 Å². The van der Waals surface area contributed by atoms with E-state index in [4.69, 9.17) is 0 Å². The second kappa shape index (κ2) is 11.0. The molecule has 0 aliphatic heterocycles. The van der Waals surface area contributed by atoms with Crippen molar-refractivity contribution < 1.29 is 0 Å². The van der Waals surface area contributed by atoms with Crippen molar-refractivity contribution in [2.45, 2.75) is 130 Å². The summed E-state index contributed by atoms with van der Waals surface area (Å²) in [5.41, 5.74) is 8.99. The number of hydrogen-bond donors (Lipinski definition) is 0. The van der Waals surface area contributed by atoms with Crippen LogP contribution < -0.4 is 0 Å². The molecule has 2 rings (SSSR count). The Morgan fingerprint density at radius 1 is 0.562 bits per heavy atom. The first kappa shape index (κ1) is 26.7. The lowest BCUT2D eigenvalue weighted by Crippen LogP contribution is -2.13. The average molecular weight is 435 g/mol. The number of benzene rings is 2. The van der Waals surface area contributed by atoms with Crippen molar-refractivity contribution in [2.75, 3.05) is 0 Å². The highest BCUT2D eigenvalue weighted by Crippen LogP contribution is 2.37. The van der Waals surface area contributed by atoms with Crippen LogP contribution in [0.2, 0.25) is 0 Å². The molecule has 0 radical (unpaired) electrons. The number of rotatable bonds is 9. The van der Waals surface area contributed by atoms with Crippen LogP contribution in [0.15, 0.2) is 36.4 Å².